The zero-order valence-electron chi connectivity index (χ0n) is 15.0. The third-order valence-corrected chi connectivity index (χ3v) is 8.01. The first-order chi connectivity index (χ1) is 12.6. The molecule has 1 aliphatic carbocycles. The molecule has 0 aromatic carbocycles. The summed E-state index contributed by atoms with van der Waals surface area (Å²) < 4.78 is 11.9. The zero-order valence-corrected chi connectivity index (χ0v) is 15.8. The second-order valence-corrected chi connectivity index (χ2v) is 9.11. The molecule has 1 aromatic heterocycles. The molecule has 4 heterocycles. The summed E-state index contributed by atoms with van der Waals surface area (Å²) >= 11 is 1.79. The fourth-order valence-corrected chi connectivity index (χ4v) is 6.63. The van der Waals surface area contributed by atoms with Crippen LogP contribution in [0.3, 0.4) is 0 Å². The maximum Gasteiger partial charge on any atom is 0.307 e. The summed E-state index contributed by atoms with van der Waals surface area (Å²) in [6.07, 6.45) is 6.73. The largest absolute Gasteiger partial charge is 0.458 e. The second kappa shape index (κ2) is 6.06. The highest BCUT2D eigenvalue weighted by Crippen LogP contribution is 2.48. The van der Waals surface area contributed by atoms with Crippen molar-refractivity contribution in [1.29, 1.82) is 0 Å². The van der Waals surface area contributed by atoms with Gasteiger partial charge in [0.2, 0.25) is 5.91 Å². The Morgan fingerprint density at radius 1 is 1.19 bits per heavy atom. The van der Waals surface area contributed by atoms with Gasteiger partial charge >= 0.3 is 5.97 Å². The third-order valence-electron chi connectivity index (χ3n) is 6.86. The monoisotopic (exact) mass is 375 g/mol. The third kappa shape index (κ3) is 2.45. The molecular formula is C20H25NO4S. The quantitative estimate of drug-likeness (QED) is 0.708. The highest BCUT2D eigenvalue weighted by molar-refractivity contribution is 7.10. The van der Waals surface area contributed by atoms with E-state index in [0.29, 0.717) is 13.1 Å². The predicted molar refractivity (Wildman–Crippen MR) is 96.9 cm³/mol. The van der Waals surface area contributed by atoms with E-state index in [1.165, 1.54) is 10.4 Å². The Balaban J connectivity index is 1.32. The molecule has 4 aliphatic rings. The summed E-state index contributed by atoms with van der Waals surface area (Å²) in [6, 6.07) is 2.22. The van der Waals surface area contributed by atoms with Crippen LogP contribution in [0.15, 0.2) is 11.4 Å². The number of esters is 1. The lowest BCUT2D eigenvalue weighted by molar-refractivity contribution is -0.154. The average Bonchev–Trinajstić information content (AvgIpc) is 3.37. The van der Waals surface area contributed by atoms with Crippen molar-refractivity contribution in [1.82, 2.24) is 4.90 Å². The zero-order chi connectivity index (χ0) is 17.8. The number of thiophene rings is 1. The number of hydrogen-bond donors (Lipinski definition) is 0. The Labute approximate surface area is 157 Å². The number of fused-ring (bicyclic) bond motifs is 2. The van der Waals surface area contributed by atoms with E-state index in [-0.39, 0.29) is 29.8 Å². The molecule has 5 rings (SSSR count). The van der Waals surface area contributed by atoms with Gasteiger partial charge in [-0.25, -0.2) is 0 Å². The maximum absolute atomic E-state index is 13.2. The number of carbonyl (C=O) groups is 2. The van der Waals surface area contributed by atoms with Crippen LogP contribution in [0.1, 0.15) is 55.4 Å². The lowest BCUT2D eigenvalue weighted by Crippen LogP contribution is -2.51. The van der Waals surface area contributed by atoms with E-state index in [9.17, 15) is 9.59 Å². The lowest BCUT2D eigenvalue weighted by Gasteiger charge is -2.44. The number of amides is 1. The molecule has 2 saturated heterocycles. The van der Waals surface area contributed by atoms with Gasteiger partial charge in [0.05, 0.1) is 18.9 Å². The summed E-state index contributed by atoms with van der Waals surface area (Å²) in [6.45, 7) is 2.18. The number of nitrogens with zero attached hydrogens (tertiary/aromatic N) is 1. The molecule has 3 fully saturated rings. The van der Waals surface area contributed by atoms with Gasteiger partial charge in [0.1, 0.15) is 11.2 Å². The normalized spacial score (nSPS) is 29.2. The molecule has 140 valence electrons. The van der Waals surface area contributed by atoms with Crippen molar-refractivity contribution >= 4 is 23.2 Å². The summed E-state index contributed by atoms with van der Waals surface area (Å²) in [5.74, 6) is -0.358. The molecule has 0 bridgehead atoms. The van der Waals surface area contributed by atoms with Crippen molar-refractivity contribution in [2.75, 3.05) is 19.7 Å². The molecular weight excluding hydrogens is 350 g/mol. The van der Waals surface area contributed by atoms with Crippen molar-refractivity contribution in [3.05, 3.63) is 21.9 Å². The molecule has 1 unspecified atom stereocenters. The Hall–Kier alpha value is -1.40. The van der Waals surface area contributed by atoms with E-state index in [2.05, 4.69) is 11.4 Å². The molecule has 26 heavy (non-hydrogen) atoms. The smallest absolute Gasteiger partial charge is 0.307 e. The Morgan fingerprint density at radius 2 is 1.96 bits per heavy atom. The summed E-state index contributed by atoms with van der Waals surface area (Å²) in [7, 11) is 0. The van der Waals surface area contributed by atoms with Crippen molar-refractivity contribution in [2.45, 2.75) is 62.6 Å². The molecule has 6 heteroatoms. The van der Waals surface area contributed by atoms with Crippen molar-refractivity contribution in [3.63, 3.8) is 0 Å². The first-order valence-corrected chi connectivity index (χ1v) is 10.7. The number of ether oxygens (including phenoxy) is 2. The van der Waals surface area contributed by atoms with Gasteiger partial charge in [0.15, 0.2) is 0 Å². The highest BCUT2D eigenvalue weighted by atomic mass is 32.1. The molecule has 1 saturated carbocycles. The van der Waals surface area contributed by atoms with Crippen LogP contribution in [0.5, 0.6) is 0 Å². The van der Waals surface area contributed by atoms with E-state index in [1.807, 2.05) is 4.90 Å². The van der Waals surface area contributed by atoms with E-state index in [0.717, 1.165) is 51.6 Å². The van der Waals surface area contributed by atoms with Crippen LogP contribution in [0.2, 0.25) is 0 Å². The van der Waals surface area contributed by atoms with Gasteiger partial charge in [-0.2, -0.15) is 0 Å². The molecule has 0 N–H and O–H groups in total. The van der Waals surface area contributed by atoms with Gasteiger partial charge in [0, 0.05) is 18.0 Å². The molecule has 3 aliphatic heterocycles. The standard InChI is InChI=1S/C20H25NO4S/c22-16-13-15(19(25-16)5-1-2-6-19)18(23)21-9-7-20(8-10-21)17-14(3-11-24-20)4-12-26-17/h4,12,15H,1-3,5-11,13H2. The van der Waals surface area contributed by atoms with E-state index in [1.54, 1.807) is 11.3 Å². The summed E-state index contributed by atoms with van der Waals surface area (Å²) in [5, 5.41) is 2.16. The number of carbonyl (C=O) groups excluding carboxylic acids is 2. The van der Waals surface area contributed by atoms with Gasteiger partial charge in [-0.1, -0.05) is 0 Å². The van der Waals surface area contributed by atoms with Crippen LogP contribution in [0.4, 0.5) is 0 Å². The van der Waals surface area contributed by atoms with Crippen LogP contribution >= 0.6 is 11.3 Å². The SMILES string of the molecule is O=C1CC(C(=O)N2CCC3(CC2)OCCc2ccsc23)C2(CCCC2)O1. The number of rotatable bonds is 1. The van der Waals surface area contributed by atoms with Crippen molar-refractivity contribution in [2.24, 2.45) is 5.92 Å². The minimum absolute atomic E-state index is 0.120. The Kier molecular flexibility index (Phi) is 3.90. The lowest BCUT2D eigenvalue weighted by atomic mass is 9.82. The van der Waals surface area contributed by atoms with Gasteiger partial charge in [-0.3, -0.25) is 9.59 Å². The fourth-order valence-electron chi connectivity index (χ4n) is 5.46. The Bertz CT molecular complexity index is 728. The number of piperidine rings is 1. The summed E-state index contributed by atoms with van der Waals surface area (Å²) in [5.41, 5.74) is 0.706. The van der Waals surface area contributed by atoms with E-state index < -0.39 is 5.60 Å². The van der Waals surface area contributed by atoms with E-state index in [4.69, 9.17) is 9.47 Å². The first kappa shape index (κ1) is 16.8. The van der Waals surface area contributed by atoms with E-state index >= 15 is 0 Å². The topological polar surface area (TPSA) is 55.8 Å². The molecule has 1 amide bonds. The summed E-state index contributed by atoms with van der Waals surface area (Å²) in [4.78, 5) is 28.5. The Morgan fingerprint density at radius 3 is 2.73 bits per heavy atom. The molecule has 2 spiro atoms. The second-order valence-electron chi connectivity index (χ2n) is 8.20. The van der Waals surface area contributed by atoms with Crippen LogP contribution in [-0.2, 0) is 31.1 Å². The number of likely N-dealkylation sites (tertiary alicyclic amines) is 1. The van der Waals surface area contributed by atoms with Gasteiger partial charge in [0.25, 0.3) is 0 Å². The minimum atomic E-state index is -0.508. The van der Waals surface area contributed by atoms with Crippen LogP contribution in [0, 0.1) is 5.92 Å². The first-order valence-electron chi connectivity index (χ1n) is 9.83. The van der Waals surface area contributed by atoms with Crippen LogP contribution in [-0.4, -0.2) is 42.1 Å². The van der Waals surface area contributed by atoms with Gasteiger partial charge < -0.3 is 14.4 Å². The van der Waals surface area contributed by atoms with Crippen LogP contribution in [0.25, 0.3) is 0 Å². The van der Waals surface area contributed by atoms with Gasteiger partial charge in [-0.05, 0) is 62.0 Å². The highest BCUT2D eigenvalue weighted by Gasteiger charge is 2.55. The number of hydrogen-bond acceptors (Lipinski definition) is 5. The molecule has 5 nitrogen and oxygen atoms in total. The molecule has 1 atom stereocenters. The molecule has 0 radical (unpaired) electrons. The van der Waals surface area contributed by atoms with Gasteiger partial charge in [-0.15, -0.1) is 11.3 Å². The molecule has 1 aromatic rings. The van der Waals surface area contributed by atoms with Crippen molar-refractivity contribution in [3.8, 4) is 0 Å². The average molecular weight is 375 g/mol. The maximum atomic E-state index is 13.2. The van der Waals surface area contributed by atoms with Crippen molar-refractivity contribution < 1.29 is 19.1 Å². The minimum Gasteiger partial charge on any atom is -0.458 e. The van der Waals surface area contributed by atoms with Crippen LogP contribution < -0.4 is 0 Å². The fraction of sp³-hybridized carbons (Fsp3) is 0.700. The predicted octanol–water partition coefficient (Wildman–Crippen LogP) is 3.01.